The van der Waals surface area contributed by atoms with Crippen molar-refractivity contribution in [1.29, 1.82) is 0 Å². The average Bonchev–Trinajstić information content (AvgIpc) is 2.38. The quantitative estimate of drug-likeness (QED) is 0.741. The summed E-state index contributed by atoms with van der Waals surface area (Å²) in [6.07, 6.45) is 1.06. The molecule has 1 aromatic carbocycles. The average molecular weight is 279 g/mol. The van der Waals surface area contributed by atoms with Crippen molar-refractivity contribution in [2.45, 2.75) is 53.6 Å². The zero-order valence-corrected chi connectivity index (χ0v) is 13.5. The molecule has 3 nitrogen and oxygen atoms in total. The number of hydrogen-bond donors (Lipinski definition) is 1. The molecule has 3 heteroatoms. The van der Waals surface area contributed by atoms with Gasteiger partial charge in [-0.25, -0.2) is 0 Å². The topological polar surface area (TPSA) is 30.5 Å². The number of ether oxygens (including phenoxy) is 2. The molecule has 0 atom stereocenters. The molecule has 0 unspecified atom stereocenters. The van der Waals surface area contributed by atoms with Crippen molar-refractivity contribution in [3.8, 4) is 11.5 Å². The highest BCUT2D eigenvalue weighted by Gasteiger charge is 2.07. The van der Waals surface area contributed by atoms with Crippen LogP contribution in [0.2, 0.25) is 0 Å². The van der Waals surface area contributed by atoms with Crippen LogP contribution >= 0.6 is 0 Å². The summed E-state index contributed by atoms with van der Waals surface area (Å²) >= 11 is 0. The molecule has 0 saturated heterocycles. The van der Waals surface area contributed by atoms with Gasteiger partial charge in [0.05, 0.1) is 13.2 Å². The molecule has 0 heterocycles. The largest absolute Gasteiger partial charge is 0.490 e. The van der Waals surface area contributed by atoms with Crippen molar-refractivity contribution in [3.05, 3.63) is 23.8 Å². The van der Waals surface area contributed by atoms with Crippen LogP contribution in [0.25, 0.3) is 0 Å². The van der Waals surface area contributed by atoms with E-state index in [0.29, 0.717) is 18.6 Å². The van der Waals surface area contributed by atoms with E-state index in [9.17, 15) is 0 Å². The van der Waals surface area contributed by atoms with Gasteiger partial charge in [0.2, 0.25) is 0 Å². The molecule has 0 aliphatic rings. The predicted octanol–water partition coefficient (Wildman–Crippen LogP) is 4.01. The van der Waals surface area contributed by atoms with E-state index in [-0.39, 0.29) is 0 Å². The Hall–Kier alpha value is -1.22. The van der Waals surface area contributed by atoms with Crippen LogP contribution in [0.15, 0.2) is 18.2 Å². The normalized spacial score (nSPS) is 11.2. The minimum atomic E-state index is 0.479. The van der Waals surface area contributed by atoms with Gasteiger partial charge < -0.3 is 14.8 Å². The van der Waals surface area contributed by atoms with Crippen molar-refractivity contribution in [2.75, 3.05) is 13.2 Å². The van der Waals surface area contributed by atoms with Crippen LogP contribution in [-0.2, 0) is 6.54 Å². The standard InChI is InChI=1S/C17H29NO2/c1-6-19-17-11-15(12-18-14(4)5)7-8-16(17)20-10-9-13(2)3/h7-8,11,13-14,18H,6,9-10,12H2,1-5H3. The van der Waals surface area contributed by atoms with Crippen molar-refractivity contribution >= 4 is 0 Å². The van der Waals surface area contributed by atoms with E-state index in [1.54, 1.807) is 0 Å². The van der Waals surface area contributed by atoms with Gasteiger partial charge in [0, 0.05) is 12.6 Å². The molecule has 20 heavy (non-hydrogen) atoms. The molecule has 0 aromatic heterocycles. The van der Waals surface area contributed by atoms with Gasteiger partial charge in [-0.3, -0.25) is 0 Å². The lowest BCUT2D eigenvalue weighted by molar-refractivity contribution is 0.261. The maximum atomic E-state index is 5.84. The van der Waals surface area contributed by atoms with Crippen molar-refractivity contribution in [2.24, 2.45) is 5.92 Å². The van der Waals surface area contributed by atoms with Gasteiger partial charge in [-0.2, -0.15) is 0 Å². The number of nitrogens with one attached hydrogen (secondary N) is 1. The second kappa shape index (κ2) is 8.85. The predicted molar refractivity (Wildman–Crippen MR) is 84.5 cm³/mol. The van der Waals surface area contributed by atoms with Gasteiger partial charge in [0.15, 0.2) is 11.5 Å². The number of benzene rings is 1. The van der Waals surface area contributed by atoms with Crippen LogP contribution in [-0.4, -0.2) is 19.3 Å². The van der Waals surface area contributed by atoms with E-state index in [1.165, 1.54) is 5.56 Å². The van der Waals surface area contributed by atoms with E-state index in [0.717, 1.165) is 31.1 Å². The van der Waals surface area contributed by atoms with Crippen molar-refractivity contribution in [3.63, 3.8) is 0 Å². The monoisotopic (exact) mass is 279 g/mol. The first kappa shape index (κ1) is 16.8. The molecular weight excluding hydrogens is 250 g/mol. The van der Waals surface area contributed by atoms with Gasteiger partial charge in [0.25, 0.3) is 0 Å². The second-order valence-electron chi connectivity index (χ2n) is 5.78. The Labute approximate surface area is 123 Å². The van der Waals surface area contributed by atoms with E-state index < -0.39 is 0 Å². The van der Waals surface area contributed by atoms with E-state index in [2.05, 4.69) is 45.1 Å². The number of hydrogen-bond acceptors (Lipinski definition) is 3. The highest BCUT2D eigenvalue weighted by atomic mass is 16.5. The highest BCUT2D eigenvalue weighted by molar-refractivity contribution is 5.43. The summed E-state index contributed by atoms with van der Waals surface area (Å²) in [5.41, 5.74) is 1.22. The third kappa shape index (κ3) is 6.29. The molecule has 1 aromatic rings. The van der Waals surface area contributed by atoms with Crippen molar-refractivity contribution < 1.29 is 9.47 Å². The molecule has 0 radical (unpaired) electrons. The van der Waals surface area contributed by atoms with Crippen LogP contribution in [0.3, 0.4) is 0 Å². The first-order chi connectivity index (χ1) is 9.52. The first-order valence-electron chi connectivity index (χ1n) is 7.64. The van der Waals surface area contributed by atoms with Gasteiger partial charge in [-0.1, -0.05) is 33.8 Å². The maximum absolute atomic E-state index is 5.84. The van der Waals surface area contributed by atoms with Crippen LogP contribution in [0, 0.1) is 5.92 Å². The summed E-state index contributed by atoms with van der Waals surface area (Å²) in [6, 6.07) is 6.67. The fraction of sp³-hybridized carbons (Fsp3) is 0.647. The Bertz CT molecular complexity index is 389. The fourth-order valence-corrected chi connectivity index (χ4v) is 1.78. The lowest BCUT2D eigenvalue weighted by Gasteiger charge is -2.15. The minimum absolute atomic E-state index is 0.479. The molecule has 114 valence electrons. The molecular formula is C17H29NO2. The first-order valence-corrected chi connectivity index (χ1v) is 7.64. The molecule has 0 aliphatic carbocycles. The molecule has 0 aliphatic heterocycles. The highest BCUT2D eigenvalue weighted by Crippen LogP contribution is 2.29. The van der Waals surface area contributed by atoms with Crippen LogP contribution in [0.4, 0.5) is 0 Å². The van der Waals surface area contributed by atoms with Gasteiger partial charge in [-0.15, -0.1) is 0 Å². The summed E-state index contributed by atoms with van der Waals surface area (Å²) in [5, 5.41) is 3.41. The summed E-state index contributed by atoms with van der Waals surface area (Å²) in [7, 11) is 0. The summed E-state index contributed by atoms with van der Waals surface area (Å²) < 4.78 is 11.5. The zero-order valence-electron chi connectivity index (χ0n) is 13.5. The Morgan fingerprint density at radius 1 is 1.05 bits per heavy atom. The van der Waals surface area contributed by atoms with Crippen molar-refractivity contribution in [1.82, 2.24) is 5.32 Å². The van der Waals surface area contributed by atoms with E-state index in [4.69, 9.17) is 9.47 Å². The Morgan fingerprint density at radius 3 is 2.40 bits per heavy atom. The fourth-order valence-electron chi connectivity index (χ4n) is 1.78. The molecule has 1 rings (SSSR count). The van der Waals surface area contributed by atoms with Crippen LogP contribution in [0.5, 0.6) is 11.5 Å². The lowest BCUT2D eigenvalue weighted by Crippen LogP contribution is -2.21. The maximum Gasteiger partial charge on any atom is 0.161 e. The SMILES string of the molecule is CCOc1cc(CNC(C)C)ccc1OCCC(C)C. The molecule has 0 fully saturated rings. The molecule has 0 amide bonds. The van der Waals surface area contributed by atoms with Gasteiger partial charge in [-0.05, 0) is 37.0 Å². The minimum Gasteiger partial charge on any atom is -0.490 e. The molecule has 0 bridgehead atoms. The Balaban J connectivity index is 2.68. The molecule has 0 spiro atoms. The Kier molecular flexibility index (Phi) is 7.45. The van der Waals surface area contributed by atoms with E-state index in [1.807, 2.05) is 13.0 Å². The molecule has 0 saturated carbocycles. The third-order valence-corrected chi connectivity index (χ3v) is 2.98. The van der Waals surface area contributed by atoms with Gasteiger partial charge >= 0.3 is 0 Å². The summed E-state index contributed by atoms with van der Waals surface area (Å²) in [4.78, 5) is 0. The van der Waals surface area contributed by atoms with Gasteiger partial charge in [0.1, 0.15) is 0 Å². The summed E-state index contributed by atoms with van der Waals surface area (Å²) in [5.74, 6) is 2.35. The van der Waals surface area contributed by atoms with Crippen LogP contribution in [0.1, 0.15) is 46.6 Å². The Morgan fingerprint density at radius 2 is 1.80 bits per heavy atom. The lowest BCUT2D eigenvalue weighted by atomic mass is 10.1. The second-order valence-corrected chi connectivity index (χ2v) is 5.78. The van der Waals surface area contributed by atoms with Crippen LogP contribution < -0.4 is 14.8 Å². The third-order valence-electron chi connectivity index (χ3n) is 2.98. The smallest absolute Gasteiger partial charge is 0.161 e. The zero-order chi connectivity index (χ0) is 15.0. The molecule has 1 N–H and O–H groups in total. The number of rotatable bonds is 9. The van der Waals surface area contributed by atoms with E-state index >= 15 is 0 Å². The summed E-state index contributed by atoms with van der Waals surface area (Å²) in [6.45, 7) is 12.9.